The van der Waals surface area contributed by atoms with Gasteiger partial charge in [0.2, 0.25) is 5.91 Å². The molecule has 2 atom stereocenters. The van der Waals surface area contributed by atoms with Crippen LogP contribution >= 0.6 is 31.8 Å². The predicted molar refractivity (Wildman–Crippen MR) is 168 cm³/mol. The molecule has 1 spiro atoms. The number of hydrogen-bond donors (Lipinski definition) is 1. The van der Waals surface area contributed by atoms with Crippen molar-refractivity contribution in [3.63, 3.8) is 0 Å². The van der Waals surface area contributed by atoms with Crippen LogP contribution in [-0.4, -0.2) is 44.1 Å². The molecule has 43 heavy (non-hydrogen) atoms. The van der Waals surface area contributed by atoms with Gasteiger partial charge in [0.15, 0.2) is 0 Å². The highest BCUT2D eigenvalue weighted by molar-refractivity contribution is 7.45. The lowest BCUT2D eigenvalue weighted by molar-refractivity contribution is -0.123. The Labute approximate surface area is 261 Å². The van der Waals surface area contributed by atoms with Crippen molar-refractivity contribution in [2.45, 2.75) is 43.5 Å². The molecule has 3 aromatic carbocycles. The Kier molecular flexibility index (Phi) is 9.92. The molecule has 0 aliphatic carbocycles. The van der Waals surface area contributed by atoms with E-state index >= 15 is 0 Å². The average molecular weight is 651 g/mol. The van der Waals surface area contributed by atoms with E-state index < -0.39 is 12.5 Å². The number of benzene rings is 3. The molecule has 1 N–H and O–H groups in total. The third-order valence-electron chi connectivity index (χ3n) is 8.32. The SMILES string of the molecule is C=C1PC2(CCN(CCC(C(=O)NCc3cccc(OC(F)F)c3)c3ccc(Cl)c(Cl)c3)CC2)c2cc(F)ccc2N1C. The summed E-state index contributed by atoms with van der Waals surface area (Å²) in [6.07, 6.45) is 2.28. The lowest BCUT2D eigenvalue weighted by Crippen LogP contribution is -2.44. The minimum atomic E-state index is -2.93. The molecule has 2 aliphatic heterocycles. The normalized spacial score (nSPS) is 17.7. The summed E-state index contributed by atoms with van der Waals surface area (Å²) < 4.78 is 44.1. The fourth-order valence-electron chi connectivity index (χ4n) is 5.94. The molecule has 0 aromatic heterocycles. The van der Waals surface area contributed by atoms with E-state index in [0.29, 0.717) is 37.2 Å². The monoisotopic (exact) mass is 649 g/mol. The summed E-state index contributed by atoms with van der Waals surface area (Å²) in [5.41, 5.74) is 4.50. The van der Waals surface area contributed by atoms with Crippen LogP contribution in [0.3, 0.4) is 0 Å². The van der Waals surface area contributed by atoms with Crippen molar-refractivity contribution < 1.29 is 22.7 Å². The second-order valence-corrected chi connectivity index (χ2v) is 13.6. The zero-order valence-electron chi connectivity index (χ0n) is 23.7. The molecule has 1 amide bonds. The Morgan fingerprint density at radius 1 is 1.09 bits per heavy atom. The number of anilines is 1. The third-order valence-corrected chi connectivity index (χ3v) is 10.9. The van der Waals surface area contributed by atoms with Crippen molar-refractivity contribution >= 4 is 43.4 Å². The highest BCUT2D eigenvalue weighted by atomic mass is 35.5. The minimum absolute atomic E-state index is 0.0322. The molecular formula is C32H33Cl2F3N3O2P. The van der Waals surface area contributed by atoms with E-state index in [1.54, 1.807) is 36.4 Å². The van der Waals surface area contributed by atoms with E-state index in [2.05, 4.69) is 26.4 Å². The molecule has 3 aromatic rings. The topological polar surface area (TPSA) is 44.8 Å². The zero-order valence-corrected chi connectivity index (χ0v) is 26.2. The Bertz CT molecular complexity index is 1500. The lowest BCUT2D eigenvalue weighted by Gasteiger charge is -2.48. The summed E-state index contributed by atoms with van der Waals surface area (Å²) in [7, 11) is 2.46. The van der Waals surface area contributed by atoms with Gasteiger partial charge < -0.3 is 19.9 Å². The van der Waals surface area contributed by atoms with Gasteiger partial charge >= 0.3 is 6.61 Å². The number of nitrogens with one attached hydrogen (secondary N) is 1. The van der Waals surface area contributed by atoms with Crippen LogP contribution in [0.15, 0.2) is 72.7 Å². The number of halogens is 5. The van der Waals surface area contributed by atoms with Crippen LogP contribution in [0, 0.1) is 5.82 Å². The van der Waals surface area contributed by atoms with Gasteiger partial charge in [0.25, 0.3) is 0 Å². The van der Waals surface area contributed by atoms with Crippen LogP contribution in [0.2, 0.25) is 10.0 Å². The van der Waals surface area contributed by atoms with Gasteiger partial charge in [-0.3, -0.25) is 4.79 Å². The number of piperidine rings is 1. The van der Waals surface area contributed by atoms with Crippen molar-refractivity contribution in [1.82, 2.24) is 10.2 Å². The number of nitrogens with zero attached hydrogens (tertiary/aromatic N) is 2. The summed E-state index contributed by atoms with van der Waals surface area (Å²) >= 11 is 12.5. The van der Waals surface area contributed by atoms with Gasteiger partial charge in [-0.25, -0.2) is 4.39 Å². The van der Waals surface area contributed by atoms with Gasteiger partial charge in [0.05, 0.1) is 16.0 Å². The van der Waals surface area contributed by atoms with E-state index in [0.717, 1.165) is 48.2 Å². The molecule has 0 bridgehead atoms. The van der Waals surface area contributed by atoms with Gasteiger partial charge in [0.1, 0.15) is 11.6 Å². The first-order valence-corrected chi connectivity index (χ1v) is 15.8. The quantitative estimate of drug-likeness (QED) is 0.238. The van der Waals surface area contributed by atoms with Crippen LogP contribution < -0.4 is 15.0 Å². The maximum Gasteiger partial charge on any atom is 0.387 e. The Balaban J connectivity index is 1.27. The van der Waals surface area contributed by atoms with E-state index in [1.165, 1.54) is 18.2 Å². The Morgan fingerprint density at radius 3 is 2.58 bits per heavy atom. The first-order valence-electron chi connectivity index (χ1n) is 14.0. The molecule has 228 valence electrons. The molecule has 2 unspecified atom stereocenters. The van der Waals surface area contributed by atoms with Crippen LogP contribution in [0.1, 0.15) is 41.9 Å². The molecule has 0 saturated carbocycles. The number of alkyl halides is 2. The van der Waals surface area contributed by atoms with Gasteiger partial charge in [-0.15, -0.1) is 0 Å². The van der Waals surface area contributed by atoms with Crippen molar-refractivity contribution in [3.05, 3.63) is 105 Å². The summed E-state index contributed by atoms with van der Waals surface area (Å²) in [6.45, 7) is 3.81. The van der Waals surface area contributed by atoms with Crippen molar-refractivity contribution in [3.8, 4) is 5.75 Å². The maximum absolute atomic E-state index is 14.3. The number of hydrogen-bond acceptors (Lipinski definition) is 4. The highest BCUT2D eigenvalue weighted by Crippen LogP contribution is 2.59. The van der Waals surface area contributed by atoms with E-state index in [-0.39, 0.29) is 29.2 Å². The second kappa shape index (κ2) is 13.5. The second-order valence-electron chi connectivity index (χ2n) is 11.0. The number of carbonyl (C=O) groups excluding carboxylic acids is 1. The molecule has 5 rings (SSSR count). The fourth-order valence-corrected chi connectivity index (χ4v) is 7.90. The molecule has 0 radical (unpaired) electrons. The van der Waals surface area contributed by atoms with Crippen molar-refractivity contribution in [1.29, 1.82) is 0 Å². The number of ether oxygens (including phenoxy) is 1. The number of carbonyl (C=O) groups is 1. The van der Waals surface area contributed by atoms with Gasteiger partial charge in [-0.1, -0.05) is 56.6 Å². The van der Waals surface area contributed by atoms with Crippen LogP contribution in [0.25, 0.3) is 0 Å². The predicted octanol–water partition coefficient (Wildman–Crippen LogP) is 8.11. The standard InChI is InChI=1S/C32H33Cl2F3N3O2P/c1-20-39(2)29-9-7-23(35)18-26(29)32(43-20)11-14-40(15-12-32)13-10-25(22-6-8-27(33)28(34)17-22)30(41)38-19-21-4-3-5-24(16-21)42-31(36)37/h3-9,16-18,25,31,43H,1,10-15,19H2,2H3,(H,38,41). The maximum atomic E-state index is 14.3. The third kappa shape index (κ3) is 7.31. The average Bonchev–Trinajstić information content (AvgIpc) is 2.97. The molecular weight excluding hydrogens is 617 g/mol. The summed E-state index contributed by atoms with van der Waals surface area (Å²) in [5, 5.41) is 3.57. The molecule has 2 heterocycles. The fraction of sp³-hybridized carbons (Fsp3) is 0.344. The minimum Gasteiger partial charge on any atom is -0.435 e. The first kappa shape index (κ1) is 31.6. The summed E-state index contributed by atoms with van der Waals surface area (Å²) in [4.78, 5) is 17.9. The number of likely N-dealkylation sites (tertiary alicyclic amines) is 1. The largest absolute Gasteiger partial charge is 0.435 e. The smallest absolute Gasteiger partial charge is 0.387 e. The van der Waals surface area contributed by atoms with Gasteiger partial charge in [0, 0.05) is 29.9 Å². The summed E-state index contributed by atoms with van der Waals surface area (Å²) in [5.74, 6) is -0.907. The van der Waals surface area contributed by atoms with Gasteiger partial charge in [-0.2, -0.15) is 8.78 Å². The van der Waals surface area contributed by atoms with Crippen molar-refractivity contribution in [2.75, 3.05) is 31.6 Å². The Hall–Kier alpha value is -2.77. The van der Waals surface area contributed by atoms with E-state index in [9.17, 15) is 18.0 Å². The van der Waals surface area contributed by atoms with E-state index in [1.807, 2.05) is 13.1 Å². The lowest BCUT2D eigenvalue weighted by atomic mass is 9.86. The first-order chi connectivity index (χ1) is 20.5. The molecule has 5 nitrogen and oxygen atoms in total. The van der Waals surface area contributed by atoms with Crippen LogP contribution in [0.4, 0.5) is 18.9 Å². The van der Waals surface area contributed by atoms with Crippen LogP contribution in [-0.2, 0) is 16.5 Å². The van der Waals surface area contributed by atoms with Gasteiger partial charge in [-0.05, 0) is 98.1 Å². The zero-order chi connectivity index (χ0) is 30.7. The van der Waals surface area contributed by atoms with E-state index in [4.69, 9.17) is 23.2 Å². The molecule has 1 saturated heterocycles. The highest BCUT2D eigenvalue weighted by Gasteiger charge is 2.42. The Morgan fingerprint density at radius 2 is 1.86 bits per heavy atom. The van der Waals surface area contributed by atoms with Crippen molar-refractivity contribution in [2.24, 2.45) is 0 Å². The number of amides is 1. The number of fused-ring (bicyclic) bond motifs is 2. The number of rotatable bonds is 9. The molecule has 11 heteroatoms. The van der Waals surface area contributed by atoms with Crippen LogP contribution in [0.5, 0.6) is 5.75 Å². The summed E-state index contributed by atoms with van der Waals surface area (Å²) in [6, 6.07) is 16.5. The molecule has 1 fully saturated rings. The molecule has 2 aliphatic rings.